The molecule has 5 atom stereocenters. The standard InChI is InChI=1S/C23H32O9/c24-14-18-20(26)22(21(27)23(28)32-18)30-12-6-4-2-1-3-5-11-29-16-8-9-17-15(13-16)7-10-19(25)31-17/h7-10,13,18,20-24,26-28H,1-6,11-12,14H2/t18-,20-,21-,22+,23?/m1/s1. The monoisotopic (exact) mass is 452 g/mol. The summed E-state index contributed by atoms with van der Waals surface area (Å²) in [4.78, 5) is 11.2. The van der Waals surface area contributed by atoms with Crippen molar-refractivity contribution in [1.82, 2.24) is 0 Å². The number of aliphatic hydroxyl groups is 4. The highest BCUT2D eigenvalue weighted by Gasteiger charge is 2.44. The zero-order valence-corrected chi connectivity index (χ0v) is 18.0. The van der Waals surface area contributed by atoms with Crippen LogP contribution in [0.3, 0.4) is 0 Å². The molecule has 9 heteroatoms. The molecule has 0 bridgehead atoms. The van der Waals surface area contributed by atoms with E-state index in [1.807, 2.05) is 6.07 Å². The van der Waals surface area contributed by atoms with Gasteiger partial charge in [0.1, 0.15) is 35.7 Å². The highest BCUT2D eigenvalue weighted by molar-refractivity contribution is 5.77. The maximum Gasteiger partial charge on any atom is 0.336 e. The van der Waals surface area contributed by atoms with Crippen molar-refractivity contribution >= 4 is 11.0 Å². The first kappa shape index (κ1) is 24.6. The molecule has 178 valence electrons. The van der Waals surface area contributed by atoms with Gasteiger partial charge in [-0.05, 0) is 37.1 Å². The summed E-state index contributed by atoms with van der Waals surface area (Å²) in [6.45, 7) is 0.488. The Balaban J connectivity index is 1.24. The molecule has 1 aromatic carbocycles. The Bertz CT molecular complexity index is 883. The van der Waals surface area contributed by atoms with Gasteiger partial charge in [-0.2, -0.15) is 0 Å². The zero-order valence-electron chi connectivity index (χ0n) is 18.0. The summed E-state index contributed by atoms with van der Waals surface area (Å²) in [5.41, 5.74) is 0.171. The van der Waals surface area contributed by atoms with Crippen molar-refractivity contribution in [2.45, 2.75) is 69.2 Å². The number of hydrogen-bond donors (Lipinski definition) is 4. The second-order valence-electron chi connectivity index (χ2n) is 7.99. The summed E-state index contributed by atoms with van der Waals surface area (Å²) in [6, 6.07) is 8.48. The normalized spacial score (nSPS) is 25.8. The fourth-order valence-corrected chi connectivity index (χ4v) is 3.72. The van der Waals surface area contributed by atoms with Gasteiger partial charge in [0.15, 0.2) is 6.29 Å². The molecule has 9 nitrogen and oxygen atoms in total. The van der Waals surface area contributed by atoms with Crippen LogP contribution in [0.25, 0.3) is 11.0 Å². The lowest BCUT2D eigenvalue weighted by atomic mass is 9.99. The molecule has 1 aliphatic rings. The minimum atomic E-state index is -1.49. The Morgan fingerprint density at radius 1 is 0.875 bits per heavy atom. The molecule has 1 fully saturated rings. The van der Waals surface area contributed by atoms with Crippen LogP contribution in [0, 0.1) is 0 Å². The van der Waals surface area contributed by atoms with Gasteiger partial charge < -0.3 is 39.1 Å². The van der Waals surface area contributed by atoms with E-state index in [9.17, 15) is 25.2 Å². The van der Waals surface area contributed by atoms with Gasteiger partial charge in [0.05, 0.1) is 13.2 Å². The predicted molar refractivity (Wildman–Crippen MR) is 115 cm³/mol. The topological polar surface area (TPSA) is 139 Å². The number of rotatable bonds is 12. The number of ether oxygens (including phenoxy) is 3. The van der Waals surface area contributed by atoms with E-state index in [1.165, 1.54) is 6.07 Å². The molecule has 0 aliphatic carbocycles. The lowest BCUT2D eigenvalue weighted by molar-refractivity contribution is -0.294. The van der Waals surface area contributed by atoms with Crippen LogP contribution in [0.4, 0.5) is 0 Å². The van der Waals surface area contributed by atoms with E-state index >= 15 is 0 Å². The third-order valence-electron chi connectivity index (χ3n) is 5.55. The molecule has 2 aromatic rings. The fraction of sp³-hybridized carbons (Fsp3) is 0.609. The first-order chi connectivity index (χ1) is 15.5. The smallest absolute Gasteiger partial charge is 0.336 e. The summed E-state index contributed by atoms with van der Waals surface area (Å²) in [5, 5.41) is 39.6. The highest BCUT2D eigenvalue weighted by atomic mass is 16.6. The summed E-state index contributed by atoms with van der Waals surface area (Å²) in [6.07, 6.45) is -0.246. The first-order valence-corrected chi connectivity index (χ1v) is 11.1. The SMILES string of the molecule is O=c1ccc2cc(OCCCCCCCCO[C@H]3[C@H](O)[C@@H](CO)OC(O)[C@@H]3O)ccc2o1. The quantitative estimate of drug-likeness (QED) is 0.277. The average molecular weight is 453 g/mol. The van der Waals surface area contributed by atoms with Crippen LogP contribution in [-0.4, -0.2) is 71.0 Å². The van der Waals surface area contributed by atoms with Gasteiger partial charge in [-0.25, -0.2) is 4.79 Å². The van der Waals surface area contributed by atoms with Crippen molar-refractivity contribution in [1.29, 1.82) is 0 Å². The van der Waals surface area contributed by atoms with Crippen molar-refractivity contribution in [2.75, 3.05) is 19.8 Å². The Hall–Kier alpha value is -2.01. The molecular weight excluding hydrogens is 420 g/mol. The lowest BCUT2D eigenvalue weighted by Crippen LogP contribution is -2.59. The average Bonchev–Trinajstić information content (AvgIpc) is 2.79. The third kappa shape index (κ3) is 6.74. The van der Waals surface area contributed by atoms with Crippen LogP contribution in [-0.2, 0) is 9.47 Å². The Labute approximate surface area is 186 Å². The van der Waals surface area contributed by atoms with Crippen molar-refractivity contribution in [3.63, 3.8) is 0 Å². The van der Waals surface area contributed by atoms with Gasteiger partial charge in [0.2, 0.25) is 0 Å². The molecule has 32 heavy (non-hydrogen) atoms. The number of hydrogen-bond acceptors (Lipinski definition) is 9. The molecule has 3 rings (SSSR count). The molecule has 1 saturated heterocycles. The molecule has 0 saturated carbocycles. The molecule has 1 aromatic heterocycles. The zero-order chi connectivity index (χ0) is 22.9. The summed E-state index contributed by atoms with van der Waals surface area (Å²) < 4.78 is 21.3. The molecule has 4 N–H and O–H groups in total. The van der Waals surface area contributed by atoms with Crippen molar-refractivity contribution in [2.24, 2.45) is 0 Å². The predicted octanol–water partition coefficient (Wildman–Crippen LogP) is 1.33. The van der Waals surface area contributed by atoms with Crippen LogP contribution in [0.2, 0.25) is 0 Å². The van der Waals surface area contributed by atoms with Gasteiger partial charge in [-0.15, -0.1) is 0 Å². The van der Waals surface area contributed by atoms with Crippen molar-refractivity contribution < 1.29 is 39.1 Å². The fourth-order valence-electron chi connectivity index (χ4n) is 3.72. The maximum atomic E-state index is 11.2. The summed E-state index contributed by atoms with van der Waals surface area (Å²) in [7, 11) is 0. The van der Waals surface area contributed by atoms with E-state index in [0.29, 0.717) is 18.8 Å². The number of fused-ring (bicyclic) bond motifs is 1. The number of unbranched alkanes of at least 4 members (excludes halogenated alkanes) is 5. The van der Waals surface area contributed by atoms with Crippen LogP contribution in [0.1, 0.15) is 38.5 Å². The molecule has 1 unspecified atom stereocenters. The molecule has 1 aliphatic heterocycles. The summed E-state index contributed by atoms with van der Waals surface area (Å²) >= 11 is 0. The van der Waals surface area contributed by atoms with Crippen molar-refractivity contribution in [3.05, 3.63) is 40.8 Å². The largest absolute Gasteiger partial charge is 0.494 e. The molecule has 0 radical (unpaired) electrons. The second-order valence-corrected chi connectivity index (χ2v) is 7.99. The van der Waals surface area contributed by atoms with Crippen molar-refractivity contribution in [3.8, 4) is 5.75 Å². The molecule has 0 spiro atoms. The van der Waals surface area contributed by atoms with Crippen LogP contribution < -0.4 is 10.4 Å². The molecule has 2 heterocycles. The van der Waals surface area contributed by atoms with E-state index in [-0.39, 0.29) is 5.63 Å². The highest BCUT2D eigenvalue weighted by Crippen LogP contribution is 2.23. The second kappa shape index (κ2) is 12.3. The van der Waals surface area contributed by atoms with E-state index in [1.54, 1.807) is 18.2 Å². The molecular formula is C23H32O9. The maximum absolute atomic E-state index is 11.2. The minimum absolute atomic E-state index is 0.342. The van der Waals surface area contributed by atoms with Crippen LogP contribution in [0.5, 0.6) is 5.75 Å². The minimum Gasteiger partial charge on any atom is -0.494 e. The summed E-state index contributed by atoms with van der Waals surface area (Å²) in [5.74, 6) is 0.745. The van der Waals surface area contributed by atoms with Crippen LogP contribution >= 0.6 is 0 Å². The number of benzene rings is 1. The van der Waals surface area contributed by atoms with E-state index in [4.69, 9.17) is 18.6 Å². The van der Waals surface area contributed by atoms with Gasteiger partial charge in [0, 0.05) is 18.1 Å². The molecule has 0 amide bonds. The van der Waals surface area contributed by atoms with Gasteiger partial charge in [-0.3, -0.25) is 0 Å². The van der Waals surface area contributed by atoms with E-state index < -0.39 is 37.3 Å². The Morgan fingerprint density at radius 2 is 1.59 bits per heavy atom. The Morgan fingerprint density at radius 3 is 2.34 bits per heavy atom. The van der Waals surface area contributed by atoms with Gasteiger partial charge >= 0.3 is 5.63 Å². The van der Waals surface area contributed by atoms with Gasteiger partial charge in [0.25, 0.3) is 0 Å². The third-order valence-corrected chi connectivity index (χ3v) is 5.55. The van der Waals surface area contributed by atoms with Gasteiger partial charge in [-0.1, -0.05) is 25.7 Å². The lowest BCUT2D eigenvalue weighted by Gasteiger charge is -2.39. The first-order valence-electron chi connectivity index (χ1n) is 11.1. The van der Waals surface area contributed by atoms with Crippen LogP contribution in [0.15, 0.2) is 39.5 Å². The van der Waals surface area contributed by atoms with E-state index in [2.05, 4.69) is 0 Å². The van der Waals surface area contributed by atoms with E-state index in [0.717, 1.165) is 49.7 Å². The Kier molecular flexibility index (Phi) is 9.46. The number of aliphatic hydroxyl groups excluding tert-OH is 4.